The quantitative estimate of drug-likeness (QED) is 0.434. The first-order chi connectivity index (χ1) is 12.6. The second-order valence-electron chi connectivity index (χ2n) is 5.81. The number of rotatable bonds is 7. The van der Waals surface area contributed by atoms with E-state index in [0.717, 1.165) is 16.9 Å². The lowest BCUT2D eigenvalue weighted by atomic mass is 10.1. The molecule has 0 N–H and O–H groups in total. The summed E-state index contributed by atoms with van der Waals surface area (Å²) in [7, 11) is 0. The molecular formula is C20H19NO5. The van der Waals surface area contributed by atoms with Crippen molar-refractivity contribution in [3.05, 3.63) is 65.2 Å². The van der Waals surface area contributed by atoms with Crippen molar-refractivity contribution in [2.24, 2.45) is 0 Å². The minimum absolute atomic E-state index is 0.0400. The SMILES string of the molecule is CCc1cccc(OCCOC(=O)CN2C(=O)c3ccccc3C2=O)c1. The smallest absolute Gasteiger partial charge is 0.326 e. The summed E-state index contributed by atoms with van der Waals surface area (Å²) in [5.41, 5.74) is 1.78. The molecule has 0 bridgehead atoms. The molecule has 0 radical (unpaired) electrons. The molecule has 0 unspecified atom stereocenters. The van der Waals surface area contributed by atoms with Gasteiger partial charge < -0.3 is 9.47 Å². The lowest BCUT2D eigenvalue weighted by Gasteiger charge is -2.13. The molecule has 0 fully saturated rings. The molecule has 2 aromatic carbocycles. The van der Waals surface area contributed by atoms with E-state index in [1.807, 2.05) is 24.3 Å². The molecule has 134 valence electrons. The van der Waals surface area contributed by atoms with Crippen molar-refractivity contribution in [3.63, 3.8) is 0 Å². The van der Waals surface area contributed by atoms with E-state index in [-0.39, 0.29) is 13.2 Å². The molecule has 2 aromatic rings. The zero-order chi connectivity index (χ0) is 18.5. The summed E-state index contributed by atoms with van der Waals surface area (Å²) >= 11 is 0. The number of ether oxygens (including phenoxy) is 2. The van der Waals surface area contributed by atoms with Gasteiger partial charge in [0.15, 0.2) is 0 Å². The first kappa shape index (κ1) is 17.7. The maximum atomic E-state index is 12.2. The van der Waals surface area contributed by atoms with Crippen LogP contribution in [-0.2, 0) is 16.0 Å². The lowest BCUT2D eigenvalue weighted by molar-refractivity contribution is -0.144. The van der Waals surface area contributed by atoms with Crippen molar-refractivity contribution >= 4 is 17.8 Å². The Kier molecular flexibility index (Phi) is 5.31. The molecule has 1 aliphatic heterocycles. The van der Waals surface area contributed by atoms with E-state index in [2.05, 4.69) is 6.92 Å². The van der Waals surface area contributed by atoms with Gasteiger partial charge in [-0.05, 0) is 36.2 Å². The highest BCUT2D eigenvalue weighted by Gasteiger charge is 2.36. The summed E-state index contributed by atoms with van der Waals surface area (Å²) in [6.07, 6.45) is 0.909. The van der Waals surface area contributed by atoms with Gasteiger partial charge in [0.25, 0.3) is 11.8 Å². The Labute approximate surface area is 151 Å². The first-order valence-electron chi connectivity index (χ1n) is 8.42. The van der Waals surface area contributed by atoms with Crippen LogP contribution in [0.4, 0.5) is 0 Å². The van der Waals surface area contributed by atoms with Gasteiger partial charge in [-0.25, -0.2) is 0 Å². The van der Waals surface area contributed by atoms with Crippen LogP contribution in [0.5, 0.6) is 5.75 Å². The zero-order valence-corrected chi connectivity index (χ0v) is 14.4. The van der Waals surface area contributed by atoms with Gasteiger partial charge in [0, 0.05) is 0 Å². The van der Waals surface area contributed by atoms with Gasteiger partial charge >= 0.3 is 5.97 Å². The van der Waals surface area contributed by atoms with Gasteiger partial charge in [0.05, 0.1) is 11.1 Å². The van der Waals surface area contributed by atoms with Crippen LogP contribution in [0.2, 0.25) is 0 Å². The van der Waals surface area contributed by atoms with E-state index in [0.29, 0.717) is 16.9 Å². The average Bonchev–Trinajstić information content (AvgIpc) is 2.91. The van der Waals surface area contributed by atoms with Crippen LogP contribution < -0.4 is 4.74 Å². The Balaban J connectivity index is 1.46. The molecule has 26 heavy (non-hydrogen) atoms. The maximum Gasteiger partial charge on any atom is 0.326 e. The summed E-state index contributed by atoms with van der Waals surface area (Å²) < 4.78 is 10.6. The van der Waals surface area contributed by atoms with Crippen molar-refractivity contribution in [2.45, 2.75) is 13.3 Å². The minimum Gasteiger partial charge on any atom is -0.490 e. The van der Waals surface area contributed by atoms with Crippen LogP contribution in [0.3, 0.4) is 0 Å². The Morgan fingerprint density at radius 2 is 1.65 bits per heavy atom. The molecular weight excluding hydrogens is 334 g/mol. The van der Waals surface area contributed by atoms with Crippen LogP contribution in [0, 0.1) is 0 Å². The average molecular weight is 353 g/mol. The Bertz CT molecular complexity index is 811. The highest BCUT2D eigenvalue weighted by atomic mass is 16.6. The molecule has 0 aromatic heterocycles. The van der Waals surface area contributed by atoms with Gasteiger partial charge in [-0.1, -0.05) is 31.2 Å². The second-order valence-corrected chi connectivity index (χ2v) is 5.81. The Hall–Kier alpha value is -3.15. The van der Waals surface area contributed by atoms with E-state index in [4.69, 9.17) is 9.47 Å². The van der Waals surface area contributed by atoms with E-state index in [1.54, 1.807) is 24.3 Å². The Morgan fingerprint density at radius 3 is 2.31 bits per heavy atom. The number of carbonyl (C=O) groups excluding carboxylic acids is 3. The number of aryl methyl sites for hydroxylation is 1. The van der Waals surface area contributed by atoms with Gasteiger partial charge in [-0.2, -0.15) is 0 Å². The number of hydrogen-bond acceptors (Lipinski definition) is 5. The van der Waals surface area contributed by atoms with Crippen LogP contribution in [-0.4, -0.2) is 42.4 Å². The topological polar surface area (TPSA) is 72.9 Å². The molecule has 0 aliphatic carbocycles. The minimum atomic E-state index is -0.648. The molecule has 0 saturated carbocycles. The summed E-state index contributed by atoms with van der Waals surface area (Å²) in [6.45, 7) is 1.89. The van der Waals surface area contributed by atoms with Crippen LogP contribution >= 0.6 is 0 Å². The molecule has 1 heterocycles. The van der Waals surface area contributed by atoms with Gasteiger partial charge in [0.2, 0.25) is 0 Å². The number of nitrogens with zero attached hydrogens (tertiary/aromatic N) is 1. The number of imide groups is 1. The second kappa shape index (κ2) is 7.82. The van der Waals surface area contributed by atoms with E-state index >= 15 is 0 Å². The maximum absolute atomic E-state index is 12.2. The van der Waals surface area contributed by atoms with Gasteiger partial charge in [0.1, 0.15) is 25.5 Å². The number of fused-ring (bicyclic) bond motifs is 1. The third kappa shape index (κ3) is 3.74. The summed E-state index contributed by atoms with van der Waals surface area (Å²) in [5, 5.41) is 0. The highest BCUT2D eigenvalue weighted by molar-refractivity contribution is 6.22. The normalized spacial score (nSPS) is 12.9. The van der Waals surface area contributed by atoms with Crippen LogP contribution in [0.15, 0.2) is 48.5 Å². The number of amides is 2. The fourth-order valence-corrected chi connectivity index (χ4v) is 2.73. The zero-order valence-electron chi connectivity index (χ0n) is 14.4. The van der Waals surface area contributed by atoms with E-state index < -0.39 is 24.3 Å². The predicted molar refractivity (Wildman–Crippen MR) is 94.1 cm³/mol. The van der Waals surface area contributed by atoms with Crippen LogP contribution in [0.25, 0.3) is 0 Å². The number of benzene rings is 2. The standard InChI is InChI=1S/C20H19NO5/c1-2-14-6-5-7-15(12-14)25-10-11-26-18(22)13-21-19(23)16-8-3-4-9-17(16)20(21)24/h3-9,12H,2,10-11,13H2,1H3. The van der Waals surface area contributed by atoms with E-state index in [9.17, 15) is 14.4 Å². The monoisotopic (exact) mass is 353 g/mol. The van der Waals surface area contributed by atoms with Crippen molar-refractivity contribution in [3.8, 4) is 5.75 Å². The van der Waals surface area contributed by atoms with Crippen molar-refractivity contribution in [1.82, 2.24) is 4.90 Å². The molecule has 0 saturated heterocycles. The predicted octanol–water partition coefficient (Wildman–Crippen LogP) is 2.47. The molecule has 2 amide bonds. The molecule has 6 nitrogen and oxygen atoms in total. The summed E-state index contributed by atoms with van der Waals surface area (Å²) in [4.78, 5) is 37.2. The summed E-state index contributed by atoms with van der Waals surface area (Å²) in [6, 6.07) is 14.2. The number of carbonyl (C=O) groups is 3. The van der Waals surface area contributed by atoms with Gasteiger partial charge in [-0.15, -0.1) is 0 Å². The van der Waals surface area contributed by atoms with Crippen molar-refractivity contribution in [2.75, 3.05) is 19.8 Å². The fourth-order valence-electron chi connectivity index (χ4n) is 2.73. The third-order valence-electron chi connectivity index (χ3n) is 4.09. The van der Waals surface area contributed by atoms with Crippen LogP contribution in [0.1, 0.15) is 33.2 Å². The largest absolute Gasteiger partial charge is 0.490 e. The first-order valence-corrected chi connectivity index (χ1v) is 8.42. The number of esters is 1. The molecule has 3 rings (SSSR count). The van der Waals surface area contributed by atoms with E-state index in [1.165, 1.54) is 0 Å². The molecule has 0 spiro atoms. The van der Waals surface area contributed by atoms with Gasteiger partial charge in [-0.3, -0.25) is 19.3 Å². The molecule has 6 heteroatoms. The highest BCUT2D eigenvalue weighted by Crippen LogP contribution is 2.22. The molecule has 1 aliphatic rings. The molecule has 0 atom stereocenters. The third-order valence-corrected chi connectivity index (χ3v) is 4.09. The Morgan fingerprint density at radius 1 is 0.962 bits per heavy atom. The van der Waals surface area contributed by atoms with Crippen molar-refractivity contribution in [1.29, 1.82) is 0 Å². The number of hydrogen-bond donors (Lipinski definition) is 0. The lowest BCUT2D eigenvalue weighted by Crippen LogP contribution is -2.36. The fraction of sp³-hybridized carbons (Fsp3) is 0.250. The van der Waals surface area contributed by atoms with Crippen molar-refractivity contribution < 1.29 is 23.9 Å². The summed E-state index contributed by atoms with van der Waals surface area (Å²) in [5.74, 6) is -0.892.